The SMILES string of the molecule is Cn1c(CO)nc2ccc(Oc3cc(F)cc(F)c3)cc21. The van der Waals surface area contributed by atoms with E-state index in [0.717, 1.165) is 23.7 Å². The molecule has 4 nitrogen and oxygen atoms in total. The topological polar surface area (TPSA) is 47.3 Å². The van der Waals surface area contributed by atoms with Gasteiger partial charge in [0.05, 0.1) is 11.0 Å². The van der Waals surface area contributed by atoms with Crippen LogP contribution in [0.4, 0.5) is 8.78 Å². The number of imidazole rings is 1. The number of fused-ring (bicyclic) bond motifs is 1. The normalized spacial score (nSPS) is 11.0. The molecule has 108 valence electrons. The Morgan fingerprint density at radius 2 is 1.81 bits per heavy atom. The van der Waals surface area contributed by atoms with E-state index in [-0.39, 0.29) is 12.4 Å². The average Bonchev–Trinajstić information content (AvgIpc) is 2.74. The highest BCUT2D eigenvalue weighted by Gasteiger charge is 2.09. The number of rotatable bonds is 3. The number of nitrogens with zero attached hydrogens (tertiary/aromatic N) is 2. The molecule has 3 rings (SSSR count). The molecule has 1 aromatic heterocycles. The predicted octanol–water partition coefficient (Wildman–Crippen LogP) is 3.14. The molecule has 0 spiro atoms. The van der Waals surface area contributed by atoms with Gasteiger partial charge in [-0.3, -0.25) is 0 Å². The molecule has 0 radical (unpaired) electrons. The molecule has 0 amide bonds. The number of halogens is 2. The second-order valence-corrected chi connectivity index (χ2v) is 4.60. The van der Waals surface area contributed by atoms with Gasteiger partial charge in [-0.05, 0) is 12.1 Å². The molecule has 0 fully saturated rings. The van der Waals surface area contributed by atoms with Crippen LogP contribution in [-0.2, 0) is 13.7 Å². The maximum Gasteiger partial charge on any atom is 0.135 e. The monoisotopic (exact) mass is 290 g/mol. The van der Waals surface area contributed by atoms with Crippen molar-refractivity contribution in [2.75, 3.05) is 0 Å². The summed E-state index contributed by atoms with van der Waals surface area (Å²) in [5.41, 5.74) is 1.47. The zero-order chi connectivity index (χ0) is 15.0. The van der Waals surface area contributed by atoms with Crippen molar-refractivity contribution >= 4 is 11.0 Å². The lowest BCUT2D eigenvalue weighted by molar-refractivity contribution is 0.268. The van der Waals surface area contributed by atoms with E-state index in [0.29, 0.717) is 17.1 Å². The zero-order valence-electron chi connectivity index (χ0n) is 11.2. The Morgan fingerprint density at radius 3 is 2.48 bits per heavy atom. The van der Waals surface area contributed by atoms with Crippen LogP contribution in [0.2, 0.25) is 0 Å². The number of aliphatic hydroxyl groups is 1. The Labute approximate surface area is 119 Å². The summed E-state index contributed by atoms with van der Waals surface area (Å²) in [6.07, 6.45) is 0. The first-order chi connectivity index (χ1) is 10.1. The van der Waals surface area contributed by atoms with Crippen molar-refractivity contribution in [2.24, 2.45) is 7.05 Å². The van der Waals surface area contributed by atoms with Crippen LogP contribution < -0.4 is 4.74 Å². The van der Waals surface area contributed by atoms with Gasteiger partial charge in [0.25, 0.3) is 0 Å². The third-order valence-electron chi connectivity index (χ3n) is 3.16. The number of benzene rings is 2. The van der Waals surface area contributed by atoms with E-state index in [1.165, 1.54) is 0 Å². The van der Waals surface area contributed by atoms with Gasteiger partial charge in [0, 0.05) is 31.3 Å². The lowest BCUT2D eigenvalue weighted by Crippen LogP contribution is -1.96. The summed E-state index contributed by atoms with van der Waals surface area (Å²) in [7, 11) is 1.77. The number of aliphatic hydroxyl groups excluding tert-OH is 1. The first kappa shape index (κ1) is 13.5. The number of ether oxygens (including phenoxy) is 1. The minimum absolute atomic E-state index is 0.0800. The van der Waals surface area contributed by atoms with Gasteiger partial charge in [0.15, 0.2) is 0 Å². The van der Waals surface area contributed by atoms with Gasteiger partial charge in [0.1, 0.15) is 35.6 Å². The fraction of sp³-hybridized carbons (Fsp3) is 0.133. The Bertz CT molecular complexity index is 795. The first-order valence-electron chi connectivity index (χ1n) is 6.27. The molecule has 0 bridgehead atoms. The highest BCUT2D eigenvalue weighted by Crippen LogP contribution is 2.27. The van der Waals surface area contributed by atoms with Crippen LogP contribution in [0.5, 0.6) is 11.5 Å². The summed E-state index contributed by atoms with van der Waals surface area (Å²) in [5, 5.41) is 9.19. The molecule has 0 aliphatic rings. The van der Waals surface area contributed by atoms with Gasteiger partial charge in [0.2, 0.25) is 0 Å². The van der Waals surface area contributed by atoms with E-state index in [2.05, 4.69) is 4.98 Å². The van der Waals surface area contributed by atoms with E-state index in [1.807, 2.05) is 0 Å². The second kappa shape index (κ2) is 5.14. The minimum atomic E-state index is -0.700. The quantitative estimate of drug-likeness (QED) is 0.806. The fourth-order valence-electron chi connectivity index (χ4n) is 2.15. The van der Waals surface area contributed by atoms with Crippen molar-refractivity contribution in [3.05, 3.63) is 53.9 Å². The fourth-order valence-corrected chi connectivity index (χ4v) is 2.15. The van der Waals surface area contributed by atoms with Crippen LogP contribution in [0.15, 0.2) is 36.4 Å². The summed E-state index contributed by atoms with van der Waals surface area (Å²) < 4.78 is 33.5. The van der Waals surface area contributed by atoms with E-state index in [1.54, 1.807) is 29.8 Å². The second-order valence-electron chi connectivity index (χ2n) is 4.60. The van der Waals surface area contributed by atoms with Gasteiger partial charge < -0.3 is 14.4 Å². The number of hydrogen-bond acceptors (Lipinski definition) is 3. The Balaban J connectivity index is 1.99. The molecule has 0 saturated heterocycles. The highest BCUT2D eigenvalue weighted by atomic mass is 19.1. The average molecular weight is 290 g/mol. The standard InChI is InChI=1S/C15H12F2N2O2/c1-19-14-7-11(2-3-13(14)18-15(19)8-20)21-12-5-9(16)4-10(17)6-12/h2-7,20H,8H2,1H3. The van der Waals surface area contributed by atoms with Gasteiger partial charge in [-0.15, -0.1) is 0 Å². The summed E-state index contributed by atoms with van der Waals surface area (Å²) in [5.74, 6) is -0.362. The summed E-state index contributed by atoms with van der Waals surface area (Å²) in [4.78, 5) is 4.24. The molecular weight excluding hydrogens is 278 g/mol. The van der Waals surface area contributed by atoms with E-state index in [9.17, 15) is 13.9 Å². The van der Waals surface area contributed by atoms with Gasteiger partial charge >= 0.3 is 0 Å². The lowest BCUT2D eigenvalue weighted by Gasteiger charge is -2.06. The van der Waals surface area contributed by atoms with Gasteiger partial charge in [-0.25, -0.2) is 13.8 Å². The molecule has 3 aromatic rings. The highest BCUT2D eigenvalue weighted by molar-refractivity contribution is 5.77. The Morgan fingerprint density at radius 1 is 1.10 bits per heavy atom. The summed E-state index contributed by atoms with van der Waals surface area (Å²) >= 11 is 0. The predicted molar refractivity (Wildman–Crippen MR) is 73.1 cm³/mol. The molecule has 0 saturated carbocycles. The lowest BCUT2D eigenvalue weighted by atomic mass is 10.3. The Hall–Kier alpha value is -2.47. The number of hydrogen-bond donors (Lipinski definition) is 1. The molecule has 0 aliphatic heterocycles. The molecule has 1 heterocycles. The van der Waals surface area contributed by atoms with Crippen molar-refractivity contribution in [1.29, 1.82) is 0 Å². The number of aromatic nitrogens is 2. The molecule has 0 atom stereocenters. The first-order valence-corrected chi connectivity index (χ1v) is 6.27. The maximum atomic E-state index is 13.1. The third kappa shape index (κ3) is 2.57. The Kier molecular flexibility index (Phi) is 3.31. The molecular formula is C15H12F2N2O2. The molecule has 2 aromatic carbocycles. The van der Waals surface area contributed by atoms with Crippen molar-refractivity contribution in [3.8, 4) is 11.5 Å². The van der Waals surface area contributed by atoms with E-state index in [4.69, 9.17) is 4.74 Å². The summed E-state index contributed by atoms with van der Waals surface area (Å²) in [6, 6.07) is 8.07. The van der Waals surface area contributed by atoms with Crippen molar-refractivity contribution in [2.45, 2.75) is 6.61 Å². The van der Waals surface area contributed by atoms with Crippen molar-refractivity contribution in [3.63, 3.8) is 0 Å². The van der Waals surface area contributed by atoms with Crippen molar-refractivity contribution in [1.82, 2.24) is 9.55 Å². The van der Waals surface area contributed by atoms with Gasteiger partial charge in [-0.2, -0.15) is 0 Å². The largest absolute Gasteiger partial charge is 0.457 e. The van der Waals surface area contributed by atoms with Crippen LogP contribution >= 0.6 is 0 Å². The van der Waals surface area contributed by atoms with E-state index < -0.39 is 11.6 Å². The molecule has 0 aliphatic carbocycles. The molecule has 6 heteroatoms. The van der Waals surface area contributed by atoms with Crippen LogP contribution in [0, 0.1) is 11.6 Å². The molecule has 0 unspecified atom stereocenters. The minimum Gasteiger partial charge on any atom is -0.457 e. The van der Waals surface area contributed by atoms with Crippen LogP contribution in [0.1, 0.15) is 5.82 Å². The van der Waals surface area contributed by atoms with E-state index >= 15 is 0 Å². The van der Waals surface area contributed by atoms with Crippen LogP contribution in [0.3, 0.4) is 0 Å². The molecule has 21 heavy (non-hydrogen) atoms. The number of aryl methyl sites for hydroxylation is 1. The molecule has 1 N–H and O–H groups in total. The van der Waals surface area contributed by atoms with Crippen LogP contribution in [0.25, 0.3) is 11.0 Å². The van der Waals surface area contributed by atoms with Crippen molar-refractivity contribution < 1.29 is 18.6 Å². The third-order valence-corrected chi connectivity index (χ3v) is 3.16. The van der Waals surface area contributed by atoms with Gasteiger partial charge in [-0.1, -0.05) is 0 Å². The smallest absolute Gasteiger partial charge is 0.135 e. The zero-order valence-corrected chi connectivity index (χ0v) is 11.2. The maximum absolute atomic E-state index is 13.1. The summed E-state index contributed by atoms with van der Waals surface area (Å²) in [6.45, 7) is -0.170. The van der Waals surface area contributed by atoms with Crippen LogP contribution in [-0.4, -0.2) is 14.7 Å².